The van der Waals surface area contributed by atoms with Crippen molar-refractivity contribution in [1.29, 1.82) is 0 Å². The van der Waals surface area contributed by atoms with E-state index in [1.807, 2.05) is 0 Å². The molecule has 0 aromatic heterocycles. The third-order valence-corrected chi connectivity index (χ3v) is 5.43. The highest BCUT2D eigenvalue weighted by molar-refractivity contribution is 7.91. The van der Waals surface area contributed by atoms with E-state index in [9.17, 15) is 23.3 Å². The summed E-state index contributed by atoms with van der Waals surface area (Å²) in [6, 6.07) is 5.72. The molecule has 8 heteroatoms. The summed E-state index contributed by atoms with van der Waals surface area (Å²) in [5.41, 5.74) is 0.235. The Morgan fingerprint density at radius 1 is 1.43 bits per heavy atom. The number of hydrogen-bond donors (Lipinski definition) is 0. The van der Waals surface area contributed by atoms with Crippen LogP contribution in [-0.2, 0) is 21.1 Å². The van der Waals surface area contributed by atoms with E-state index in [4.69, 9.17) is 0 Å². The highest BCUT2D eigenvalue weighted by Crippen LogP contribution is 2.21. The van der Waals surface area contributed by atoms with Gasteiger partial charge >= 0.3 is 0 Å². The highest BCUT2D eigenvalue weighted by atomic mass is 32.2. The van der Waals surface area contributed by atoms with Crippen LogP contribution in [-0.4, -0.2) is 48.7 Å². The van der Waals surface area contributed by atoms with Gasteiger partial charge in [-0.15, -0.1) is 0 Å². The third-order valence-electron chi connectivity index (χ3n) is 3.68. The first-order valence-corrected chi connectivity index (χ1v) is 8.30. The van der Waals surface area contributed by atoms with E-state index in [1.165, 1.54) is 17.0 Å². The first-order valence-electron chi connectivity index (χ1n) is 6.48. The van der Waals surface area contributed by atoms with Crippen molar-refractivity contribution in [3.05, 3.63) is 39.9 Å². The predicted octanol–water partition coefficient (Wildman–Crippen LogP) is 0.783. The van der Waals surface area contributed by atoms with Crippen molar-refractivity contribution in [2.75, 3.05) is 18.6 Å². The van der Waals surface area contributed by atoms with Gasteiger partial charge in [0, 0.05) is 24.7 Å². The maximum atomic E-state index is 12.2. The van der Waals surface area contributed by atoms with Gasteiger partial charge in [0.1, 0.15) is 0 Å². The van der Waals surface area contributed by atoms with Gasteiger partial charge in [-0.2, -0.15) is 0 Å². The second-order valence-electron chi connectivity index (χ2n) is 5.12. The summed E-state index contributed by atoms with van der Waals surface area (Å²) in [4.78, 5) is 24.0. The number of carbonyl (C=O) groups excluding carboxylic acids is 1. The van der Waals surface area contributed by atoms with Gasteiger partial charge in [0.15, 0.2) is 9.84 Å². The Morgan fingerprint density at radius 2 is 2.10 bits per heavy atom. The van der Waals surface area contributed by atoms with Crippen LogP contribution in [0.1, 0.15) is 12.0 Å². The Kier molecular flexibility index (Phi) is 4.26. The summed E-state index contributed by atoms with van der Waals surface area (Å²) >= 11 is 0. The standard InChI is InChI=1S/C13H16N2O5S/c1-14(11-6-7-21(19,20)9-11)13(16)8-10-4-2-3-5-12(10)15(17)18/h2-5,11H,6-9H2,1H3. The maximum Gasteiger partial charge on any atom is 0.273 e. The molecule has 1 heterocycles. The normalized spacial score (nSPS) is 20.1. The molecule has 1 amide bonds. The van der Waals surface area contributed by atoms with E-state index in [0.29, 0.717) is 12.0 Å². The summed E-state index contributed by atoms with van der Waals surface area (Å²) in [5.74, 6) is -0.265. The number of hydrogen-bond acceptors (Lipinski definition) is 5. The van der Waals surface area contributed by atoms with Gasteiger partial charge in [-0.3, -0.25) is 14.9 Å². The van der Waals surface area contributed by atoms with Crippen molar-refractivity contribution in [3.63, 3.8) is 0 Å². The maximum absolute atomic E-state index is 12.2. The quantitative estimate of drug-likeness (QED) is 0.604. The topological polar surface area (TPSA) is 97.6 Å². The van der Waals surface area contributed by atoms with Crippen LogP contribution in [0.4, 0.5) is 5.69 Å². The van der Waals surface area contributed by atoms with Crippen LogP contribution < -0.4 is 0 Å². The SMILES string of the molecule is CN(C(=O)Cc1ccccc1[N+](=O)[O-])C1CCS(=O)(=O)C1. The molecule has 0 bridgehead atoms. The van der Waals surface area contributed by atoms with Crippen LogP contribution in [0, 0.1) is 10.1 Å². The van der Waals surface area contributed by atoms with Crippen LogP contribution in [0.3, 0.4) is 0 Å². The van der Waals surface area contributed by atoms with Crippen LogP contribution in [0.5, 0.6) is 0 Å². The lowest BCUT2D eigenvalue weighted by Crippen LogP contribution is -2.38. The van der Waals surface area contributed by atoms with Crippen molar-refractivity contribution >= 4 is 21.4 Å². The van der Waals surface area contributed by atoms with Crippen LogP contribution >= 0.6 is 0 Å². The van der Waals surface area contributed by atoms with E-state index in [-0.39, 0.29) is 35.6 Å². The van der Waals surface area contributed by atoms with E-state index in [0.717, 1.165) is 0 Å². The monoisotopic (exact) mass is 312 g/mol. The van der Waals surface area contributed by atoms with Crippen molar-refractivity contribution < 1.29 is 18.1 Å². The van der Waals surface area contributed by atoms with E-state index in [2.05, 4.69) is 0 Å². The van der Waals surface area contributed by atoms with Gasteiger partial charge in [-0.1, -0.05) is 18.2 Å². The summed E-state index contributed by atoms with van der Waals surface area (Å²) in [6.07, 6.45) is 0.311. The molecule has 1 aliphatic heterocycles. The van der Waals surface area contributed by atoms with Gasteiger partial charge in [0.05, 0.1) is 22.8 Å². The minimum atomic E-state index is -3.07. The molecule has 0 saturated carbocycles. The molecule has 21 heavy (non-hydrogen) atoms. The second kappa shape index (κ2) is 5.80. The lowest BCUT2D eigenvalue weighted by molar-refractivity contribution is -0.385. The summed E-state index contributed by atoms with van der Waals surface area (Å²) in [7, 11) is -1.53. The van der Waals surface area contributed by atoms with E-state index < -0.39 is 14.8 Å². The highest BCUT2D eigenvalue weighted by Gasteiger charge is 2.33. The Hall–Kier alpha value is -1.96. The zero-order valence-electron chi connectivity index (χ0n) is 11.6. The number of carbonyl (C=O) groups is 1. The molecule has 1 fully saturated rings. The molecule has 1 saturated heterocycles. The van der Waals surface area contributed by atoms with Gasteiger partial charge in [-0.05, 0) is 6.42 Å². The molecule has 1 aromatic carbocycles. The number of benzene rings is 1. The largest absolute Gasteiger partial charge is 0.341 e. The molecular weight excluding hydrogens is 296 g/mol. The minimum absolute atomic E-state index is 0.0356. The van der Waals surface area contributed by atoms with Crippen molar-refractivity contribution in [2.24, 2.45) is 0 Å². The molecule has 114 valence electrons. The number of amides is 1. The fourth-order valence-corrected chi connectivity index (χ4v) is 4.18. The molecular formula is C13H16N2O5S. The predicted molar refractivity (Wildman–Crippen MR) is 76.6 cm³/mol. The average Bonchev–Trinajstić information content (AvgIpc) is 2.78. The average molecular weight is 312 g/mol. The lowest BCUT2D eigenvalue weighted by Gasteiger charge is -2.23. The van der Waals surface area contributed by atoms with Crippen LogP contribution in [0.15, 0.2) is 24.3 Å². The molecule has 1 aliphatic rings. The number of likely N-dealkylation sites (N-methyl/N-ethyl adjacent to an activating group) is 1. The van der Waals surface area contributed by atoms with Crippen LogP contribution in [0.25, 0.3) is 0 Å². The third kappa shape index (κ3) is 3.57. The molecule has 1 aromatic rings. The van der Waals surface area contributed by atoms with Gasteiger partial charge < -0.3 is 4.90 Å². The summed E-state index contributed by atoms with van der Waals surface area (Å²) in [6.45, 7) is 0. The van der Waals surface area contributed by atoms with Crippen LogP contribution in [0.2, 0.25) is 0 Å². The fourth-order valence-electron chi connectivity index (χ4n) is 2.41. The second-order valence-corrected chi connectivity index (χ2v) is 7.35. The minimum Gasteiger partial charge on any atom is -0.341 e. The fraction of sp³-hybridized carbons (Fsp3) is 0.462. The van der Waals surface area contributed by atoms with Gasteiger partial charge in [-0.25, -0.2) is 8.42 Å². The Labute approximate surface area is 122 Å². The van der Waals surface area contributed by atoms with E-state index in [1.54, 1.807) is 19.2 Å². The zero-order valence-corrected chi connectivity index (χ0v) is 12.4. The Bertz CT molecular complexity index is 671. The van der Waals surface area contributed by atoms with E-state index >= 15 is 0 Å². The summed E-state index contributed by atoms with van der Waals surface area (Å²) in [5, 5.41) is 10.9. The zero-order chi connectivity index (χ0) is 15.6. The molecule has 1 atom stereocenters. The lowest BCUT2D eigenvalue weighted by atomic mass is 10.1. The molecule has 2 rings (SSSR count). The number of sulfone groups is 1. The molecule has 0 spiro atoms. The number of para-hydroxylation sites is 1. The molecule has 0 aliphatic carbocycles. The molecule has 0 N–H and O–H groups in total. The first-order chi connectivity index (χ1) is 9.80. The Morgan fingerprint density at radius 3 is 2.67 bits per heavy atom. The first kappa shape index (κ1) is 15.4. The summed E-state index contributed by atoms with van der Waals surface area (Å²) < 4.78 is 22.9. The number of nitro groups is 1. The van der Waals surface area contributed by atoms with Crippen molar-refractivity contribution in [3.8, 4) is 0 Å². The van der Waals surface area contributed by atoms with Gasteiger partial charge in [0.25, 0.3) is 5.69 Å². The molecule has 7 nitrogen and oxygen atoms in total. The number of nitro benzene ring substituents is 1. The van der Waals surface area contributed by atoms with Crippen molar-refractivity contribution in [1.82, 2.24) is 4.90 Å². The van der Waals surface area contributed by atoms with Crippen molar-refractivity contribution in [2.45, 2.75) is 18.9 Å². The Balaban J connectivity index is 2.10. The number of rotatable bonds is 4. The molecule has 0 radical (unpaired) electrons. The smallest absolute Gasteiger partial charge is 0.273 e. The van der Waals surface area contributed by atoms with Gasteiger partial charge in [0.2, 0.25) is 5.91 Å². The molecule has 1 unspecified atom stereocenters. The number of nitrogens with zero attached hydrogens (tertiary/aromatic N) is 2.